The second-order valence-corrected chi connectivity index (χ2v) is 7.38. The molecule has 20 heavy (non-hydrogen) atoms. The average molecular weight is 297 g/mol. The third kappa shape index (κ3) is 3.33. The van der Waals surface area contributed by atoms with E-state index in [9.17, 15) is 8.42 Å². The Labute approximate surface area is 121 Å². The fraction of sp³-hybridized carbons (Fsp3) is 0.600. The van der Waals surface area contributed by atoms with Crippen LogP contribution in [0.25, 0.3) is 0 Å². The molecule has 0 aliphatic heterocycles. The van der Waals surface area contributed by atoms with Crippen LogP contribution in [0, 0.1) is 11.8 Å². The lowest BCUT2D eigenvalue weighted by atomic mass is 9.78. The zero-order chi connectivity index (χ0) is 14.8. The lowest BCUT2D eigenvalue weighted by Crippen LogP contribution is -2.43. The van der Waals surface area contributed by atoms with Gasteiger partial charge in [-0.25, -0.2) is 13.1 Å². The Bertz CT molecular complexity index is 539. The minimum Gasteiger partial charge on any atom is -0.497 e. The summed E-state index contributed by atoms with van der Waals surface area (Å²) in [5.74, 6) is 1.59. The van der Waals surface area contributed by atoms with Crippen molar-refractivity contribution in [1.29, 1.82) is 0 Å². The van der Waals surface area contributed by atoms with Crippen molar-refractivity contribution in [3.05, 3.63) is 24.3 Å². The number of methoxy groups -OCH3 is 1. The van der Waals surface area contributed by atoms with E-state index in [0.717, 1.165) is 12.8 Å². The van der Waals surface area contributed by atoms with Gasteiger partial charge in [-0.15, -0.1) is 0 Å². The zero-order valence-corrected chi connectivity index (χ0v) is 13.1. The Morgan fingerprint density at radius 1 is 1.15 bits per heavy atom. The minimum absolute atomic E-state index is 0.0332. The quantitative estimate of drug-likeness (QED) is 0.929. The van der Waals surface area contributed by atoms with Crippen molar-refractivity contribution >= 4 is 10.0 Å². The van der Waals surface area contributed by atoms with E-state index < -0.39 is 10.0 Å². The summed E-state index contributed by atoms with van der Waals surface area (Å²) in [6.07, 6.45) is 3.18. The first-order chi connectivity index (χ1) is 9.44. The molecule has 1 aromatic rings. The Balaban J connectivity index is 2.13. The highest BCUT2D eigenvalue weighted by atomic mass is 32.2. The van der Waals surface area contributed by atoms with Gasteiger partial charge in [0.15, 0.2) is 0 Å². The van der Waals surface area contributed by atoms with Crippen LogP contribution in [-0.2, 0) is 10.0 Å². The predicted molar refractivity (Wildman–Crippen MR) is 79.3 cm³/mol. The molecule has 0 spiro atoms. The van der Waals surface area contributed by atoms with Crippen LogP contribution in [0.5, 0.6) is 5.75 Å². The highest BCUT2D eigenvalue weighted by Crippen LogP contribution is 2.30. The summed E-state index contributed by atoms with van der Waals surface area (Å²) < 4.78 is 32.7. The molecule has 1 aromatic carbocycles. The van der Waals surface area contributed by atoms with Crippen molar-refractivity contribution in [1.82, 2.24) is 4.72 Å². The van der Waals surface area contributed by atoms with Crippen molar-refractivity contribution < 1.29 is 13.2 Å². The maximum absolute atomic E-state index is 12.4. The Kier molecular flexibility index (Phi) is 4.70. The number of sulfonamides is 1. The minimum atomic E-state index is -3.45. The van der Waals surface area contributed by atoms with Crippen LogP contribution in [0.4, 0.5) is 0 Å². The Morgan fingerprint density at radius 2 is 1.80 bits per heavy atom. The van der Waals surface area contributed by atoms with E-state index in [1.165, 1.54) is 6.42 Å². The van der Waals surface area contributed by atoms with Gasteiger partial charge in [-0.3, -0.25) is 0 Å². The van der Waals surface area contributed by atoms with E-state index in [1.54, 1.807) is 31.4 Å². The van der Waals surface area contributed by atoms with Crippen molar-refractivity contribution in [2.75, 3.05) is 7.11 Å². The van der Waals surface area contributed by atoms with E-state index >= 15 is 0 Å². The van der Waals surface area contributed by atoms with E-state index in [0.29, 0.717) is 22.5 Å². The van der Waals surface area contributed by atoms with Gasteiger partial charge in [0, 0.05) is 6.04 Å². The van der Waals surface area contributed by atoms with Crippen molar-refractivity contribution in [2.24, 2.45) is 11.8 Å². The summed E-state index contributed by atoms with van der Waals surface area (Å²) in [4.78, 5) is 0.295. The SMILES string of the molecule is COc1ccc(S(=O)(=O)N[C@@H]2CCC[C@@H](C)[C@@H]2C)cc1. The summed E-state index contributed by atoms with van der Waals surface area (Å²) in [5.41, 5.74) is 0. The maximum atomic E-state index is 12.4. The number of hydrogen-bond donors (Lipinski definition) is 1. The number of rotatable bonds is 4. The van der Waals surface area contributed by atoms with Gasteiger partial charge >= 0.3 is 0 Å². The maximum Gasteiger partial charge on any atom is 0.240 e. The summed E-state index contributed by atoms with van der Waals surface area (Å²) in [7, 11) is -1.88. The third-order valence-corrected chi connectivity index (χ3v) is 5.89. The van der Waals surface area contributed by atoms with Crippen molar-refractivity contribution in [2.45, 2.75) is 44.0 Å². The lowest BCUT2D eigenvalue weighted by Gasteiger charge is -2.34. The molecule has 0 amide bonds. The summed E-state index contributed by atoms with van der Waals surface area (Å²) >= 11 is 0. The first-order valence-electron chi connectivity index (χ1n) is 7.10. The molecule has 112 valence electrons. The first kappa shape index (κ1) is 15.3. The number of benzene rings is 1. The molecule has 4 nitrogen and oxygen atoms in total. The molecule has 1 aliphatic carbocycles. The fourth-order valence-corrected chi connectivity index (χ4v) is 4.13. The first-order valence-corrected chi connectivity index (χ1v) is 8.59. The molecule has 0 saturated heterocycles. The molecule has 1 aliphatic rings. The fourth-order valence-electron chi connectivity index (χ4n) is 2.77. The summed E-state index contributed by atoms with van der Waals surface area (Å²) in [6.45, 7) is 4.32. The van der Waals surface area contributed by atoms with Crippen LogP contribution in [0.3, 0.4) is 0 Å². The van der Waals surface area contributed by atoms with Crippen LogP contribution in [0.2, 0.25) is 0 Å². The van der Waals surface area contributed by atoms with E-state index in [4.69, 9.17) is 4.74 Å². The summed E-state index contributed by atoms with van der Waals surface area (Å²) in [6, 6.07) is 6.53. The largest absolute Gasteiger partial charge is 0.497 e. The van der Waals surface area contributed by atoms with Gasteiger partial charge in [0.1, 0.15) is 5.75 Å². The molecule has 1 saturated carbocycles. The van der Waals surface area contributed by atoms with E-state index in [1.807, 2.05) is 0 Å². The molecular formula is C15H23NO3S. The molecule has 5 heteroatoms. The Morgan fingerprint density at radius 3 is 2.40 bits per heavy atom. The number of hydrogen-bond acceptors (Lipinski definition) is 3. The molecule has 0 heterocycles. The highest BCUT2D eigenvalue weighted by Gasteiger charge is 2.30. The molecule has 0 unspecified atom stereocenters. The normalized spacial score (nSPS) is 27.2. The smallest absolute Gasteiger partial charge is 0.240 e. The van der Waals surface area contributed by atoms with E-state index in [-0.39, 0.29) is 6.04 Å². The van der Waals surface area contributed by atoms with Crippen LogP contribution in [-0.4, -0.2) is 21.6 Å². The van der Waals surface area contributed by atoms with Gasteiger partial charge in [0.05, 0.1) is 12.0 Å². The summed E-state index contributed by atoms with van der Waals surface area (Å²) in [5, 5.41) is 0. The molecule has 0 aromatic heterocycles. The molecule has 1 N–H and O–H groups in total. The molecule has 3 atom stereocenters. The van der Waals surface area contributed by atoms with Crippen LogP contribution in [0.1, 0.15) is 33.1 Å². The van der Waals surface area contributed by atoms with Gasteiger partial charge in [0.2, 0.25) is 10.0 Å². The van der Waals surface area contributed by atoms with Gasteiger partial charge in [0.25, 0.3) is 0 Å². The molecule has 0 bridgehead atoms. The van der Waals surface area contributed by atoms with Gasteiger partial charge in [-0.2, -0.15) is 0 Å². The van der Waals surface area contributed by atoms with Gasteiger partial charge in [-0.1, -0.05) is 26.7 Å². The topological polar surface area (TPSA) is 55.4 Å². The lowest BCUT2D eigenvalue weighted by molar-refractivity contribution is 0.227. The zero-order valence-electron chi connectivity index (χ0n) is 12.3. The second-order valence-electron chi connectivity index (χ2n) is 5.67. The molecule has 0 radical (unpaired) electrons. The standard InChI is InChI=1S/C15H23NO3S/c1-11-5-4-6-15(12(11)2)16-20(17,18)14-9-7-13(19-3)8-10-14/h7-12,15-16H,4-6H2,1-3H3/t11-,12+,15-/m1/s1. The van der Waals surface area contributed by atoms with Crippen molar-refractivity contribution in [3.63, 3.8) is 0 Å². The Hall–Kier alpha value is -1.07. The van der Waals surface area contributed by atoms with Crippen LogP contribution < -0.4 is 9.46 Å². The molecule has 1 fully saturated rings. The van der Waals surface area contributed by atoms with Gasteiger partial charge < -0.3 is 4.74 Å². The highest BCUT2D eigenvalue weighted by molar-refractivity contribution is 7.89. The third-order valence-electron chi connectivity index (χ3n) is 4.38. The van der Waals surface area contributed by atoms with E-state index in [2.05, 4.69) is 18.6 Å². The predicted octanol–water partition coefficient (Wildman–Crippen LogP) is 2.80. The van der Waals surface area contributed by atoms with Crippen LogP contribution >= 0.6 is 0 Å². The number of ether oxygens (including phenoxy) is 1. The van der Waals surface area contributed by atoms with Crippen molar-refractivity contribution in [3.8, 4) is 5.75 Å². The molecular weight excluding hydrogens is 274 g/mol. The number of nitrogens with one attached hydrogen (secondary N) is 1. The van der Waals surface area contributed by atoms with Gasteiger partial charge in [-0.05, 0) is 42.5 Å². The second kappa shape index (κ2) is 6.14. The monoisotopic (exact) mass is 297 g/mol. The van der Waals surface area contributed by atoms with Crippen LogP contribution in [0.15, 0.2) is 29.2 Å². The average Bonchev–Trinajstić information content (AvgIpc) is 2.44. The molecule has 2 rings (SSSR count).